The van der Waals surface area contributed by atoms with Crippen LogP contribution >= 0.6 is 23.1 Å². The van der Waals surface area contributed by atoms with Gasteiger partial charge in [-0.15, -0.1) is 23.1 Å². The Morgan fingerprint density at radius 1 is 1.16 bits per heavy atom. The summed E-state index contributed by atoms with van der Waals surface area (Å²) in [4.78, 5) is 19.9. The third-order valence-corrected chi connectivity index (χ3v) is 9.77. The molecule has 3 heterocycles. The van der Waals surface area contributed by atoms with Crippen molar-refractivity contribution in [1.82, 2.24) is 9.29 Å². The summed E-state index contributed by atoms with van der Waals surface area (Å²) in [6.45, 7) is 0.429. The van der Waals surface area contributed by atoms with E-state index in [1.54, 1.807) is 11.8 Å². The SMILES string of the molecule is O=C(Nc1nc2c(s1)CSc1ccccc1-2)C1CCCN(S(=O)(=O)c2ccc(F)cc2)C1. The third kappa shape index (κ3) is 4.07. The lowest BCUT2D eigenvalue weighted by atomic mass is 9.99. The average molecular weight is 490 g/mol. The maximum atomic E-state index is 13.2. The zero-order chi connectivity index (χ0) is 22.3. The molecule has 0 saturated carbocycles. The summed E-state index contributed by atoms with van der Waals surface area (Å²) in [7, 11) is -3.78. The lowest BCUT2D eigenvalue weighted by molar-refractivity contribution is -0.120. The Morgan fingerprint density at radius 2 is 1.94 bits per heavy atom. The minimum Gasteiger partial charge on any atom is -0.302 e. The van der Waals surface area contributed by atoms with Crippen molar-refractivity contribution >= 4 is 44.2 Å². The van der Waals surface area contributed by atoms with E-state index in [9.17, 15) is 17.6 Å². The van der Waals surface area contributed by atoms with Gasteiger partial charge in [0.25, 0.3) is 0 Å². The van der Waals surface area contributed by atoms with Crippen LogP contribution in [0, 0.1) is 11.7 Å². The number of carbonyl (C=O) groups is 1. The first-order chi connectivity index (χ1) is 15.4. The van der Waals surface area contributed by atoms with Crippen molar-refractivity contribution < 1.29 is 17.6 Å². The first-order valence-corrected chi connectivity index (χ1v) is 13.4. The highest BCUT2D eigenvalue weighted by Crippen LogP contribution is 2.44. The van der Waals surface area contributed by atoms with Crippen molar-refractivity contribution in [3.05, 3.63) is 59.2 Å². The van der Waals surface area contributed by atoms with Gasteiger partial charge in [-0.2, -0.15) is 4.31 Å². The van der Waals surface area contributed by atoms with Crippen LogP contribution in [-0.4, -0.2) is 36.7 Å². The van der Waals surface area contributed by atoms with Crippen LogP contribution in [0.2, 0.25) is 0 Å². The van der Waals surface area contributed by atoms with Gasteiger partial charge in [-0.3, -0.25) is 4.79 Å². The van der Waals surface area contributed by atoms with Crippen LogP contribution < -0.4 is 5.32 Å². The van der Waals surface area contributed by atoms with Crippen molar-refractivity contribution in [2.45, 2.75) is 28.4 Å². The van der Waals surface area contributed by atoms with Crippen LogP contribution in [-0.2, 0) is 20.6 Å². The first-order valence-electron chi connectivity index (χ1n) is 10.2. The zero-order valence-corrected chi connectivity index (χ0v) is 19.4. The van der Waals surface area contributed by atoms with Gasteiger partial charge in [-0.1, -0.05) is 18.2 Å². The van der Waals surface area contributed by atoms with Crippen LogP contribution in [0.15, 0.2) is 58.3 Å². The second-order valence-electron chi connectivity index (χ2n) is 7.72. The summed E-state index contributed by atoms with van der Waals surface area (Å²) in [5, 5.41) is 3.44. The number of piperidine rings is 1. The number of aromatic nitrogens is 1. The number of amides is 1. The van der Waals surface area contributed by atoms with Gasteiger partial charge in [0.15, 0.2) is 5.13 Å². The number of hydrogen-bond donors (Lipinski definition) is 1. The molecule has 2 aromatic carbocycles. The van der Waals surface area contributed by atoms with E-state index >= 15 is 0 Å². The molecule has 0 spiro atoms. The standard InChI is InChI=1S/C22H20FN3O3S3/c23-15-7-9-16(10-8-15)32(28,29)26-11-3-4-14(12-26)21(27)25-22-24-20-17-5-1-2-6-18(17)30-13-19(20)31-22/h1-2,5-10,14H,3-4,11-13H2,(H,24,25,27). The van der Waals surface area contributed by atoms with Crippen LogP contribution in [0.5, 0.6) is 0 Å². The number of thioether (sulfide) groups is 1. The fraction of sp³-hybridized carbons (Fsp3) is 0.273. The molecule has 1 fully saturated rings. The Bertz CT molecular complexity index is 1280. The van der Waals surface area contributed by atoms with Crippen LogP contribution in [0.1, 0.15) is 17.7 Å². The van der Waals surface area contributed by atoms with E-state index in [2.05, 4.69) is 16.4 Å². The molecule has 1 amide bonds. The number of halogens is 1. The van der Waals surface area contributed by atoms with Crippen molar-refractivity contribution in [2.24, 2.45) is 5.92 Å². The molecule has 0 bridgehead atoms. The van der Waals surface area contributed by atoms with Crippen LogP contribution in [0.3, 0.4) is 0 Å². The monoisotopic (exact) mass is 489 g/mol. The van der Waals surface area contributed by atoms with Crippen molar-refractivity contribution in [1.29, 1.82) is 0 Å². The maximum absolute atomic E-state index is 13.2. The summed E-state index contributed by atoms with van der Waals surface area (Å²) in [6.07, 6.45) is 1.18. The van der Waals surface area contributed by atoms with Gasteiger partial charge < -0.3 is 5.32 Å². The maximum Gasteiger partial charge on any atom is 0.243 e. The predicted octanol–water partition coefficient (Wildman–Crippen LogP) is 4.59. The molecule has 1 unspecified atom stereocenters. The van der Waals surface area contributed by atoms with Crippen molar-refractivity contribution in [2.75, 3.05) is 18.4 Å². The predicted molar refractivity (Wildman–Crippen MR) is 124 cm³/mol. The van der Waals surface area contributed by atoms with E-state index in [0.717, 1.165) is 34.0 Å². The summed E-state index contributed by atoms with van der Waals surface area (Å²) in [5.41, 5.74) is 1.98. The second-order valence-corrected chi connectivity index (χ2v) is 11.8. The largest absolute Gasteiger partial charge is 0.302 e. The summed E-state index contributed by atoms with van der Waals surface area (Å²) < 4.78 is 40.4. The number of fused-ring (bicyclic) bond motifs is 3. The smallest absolute Gasteiger partial charge is 0.243 e. The molecule has 1 saturated heterocycles. The molecule has 166 valence electrons. The molecular weight excluding hydrogens is 469 g/mol. The summed E-state index contributed by atoms with van der Waals surface area (Å²) >= 11 is 3.22. The fourth-order valence-electron chi connectivity index (χ4n) is 3.98. The van der Waals surface area contributed by atoms with Gasteiger partial charge in [-0.05, 0) is 43.2 Å². The average Bonchev–Trinajstić information content (AvgIpc) is 3.22. The number of nitrogens with zero attached hydrogens (tertiary/aromatic N) is 2. The molecule has 5 rings (SSSR count). The molecule has 32 heavy (non-hydrogen) atoms. The fourth-order valence-corrected chi connectivity index (χ4v) is 7.61. The van der Waals surface area contributed by atoms with E-state index in [1.165, 1.54) is 32.7 Å². The van der Waals surface area contributed by atoms with Crippen molar-refractivity contribution in [3.63, 3.8) is 0 Å². The number of benzene rings is 2. The minimum atomic E-state index is -3.78. The molecule has 1 atom stereocenters. The van der Waals surface area contributed by atoms with Gasteiger partial charge in [0.05, 0.1) is 16.5 Å². The Morgan fingerprint density at radius 3 is 2.75 bits per heavy atom. The molecule has 0 aliphatic carbocycles. The molecule has 10 heteroatoms. The number of sulfonamides is 1. The Kier molecular flexibility index (Phi) is 5.79. The van der Waals surface area contributed by atoms with E-state index in [0.29, 0.717) is 24.5 Å². The van der Waals surface area contributed by atoms with E-state index in [-0.39, 0.29) is 17.3 Å². The van der Waals surface area contributed by atoms with E-state index in [1.807, 2.05) is 18.2 Å². The quantitative estimate of drug-likeness (QED) is 0.580. The van der Waals surface area contributed by atoms with E-state index < -0.39 is 21.8 Å². The summed E-state index contributed by atoms with van der Waals surface area (Å²) in [6, 6.07) is 12.8. The van der Waals surface area contributed by atoms with Gasteiger partial charge in [-0.25, -0.2) is 17.8 Å². The molecule has 2 aliphatic rings. The molecular formula is C22H20FN3O3S3. The summed E-state index contributed by atoms with van der Waals surface area (Å²) in [5.74, 6) is -0.378. The highest BCUT2D eigenvalue weighted by atomic mass is 32.2. The number of carbonyl (C=O) groups excluding carboxylic acids is 1. The molecule has 1 aromatic heterocycles. The molecule has 6 nitrogen and oxygen atoms in total. The van der Waals surface area contributed by atoms with Gasteiger partial charge in [0, 0.05) is 34.2 Å². The molecule has 3 aromatic rings. The second kappa shape index (κ2) is 8.58. The topological polar surface area (TPSA) is 79.4 Å². The molecule has 0 radical (unpaired) electrons. The van der Waals surface area contributed by atoms with Crippen molar-refractivity contribution in [3.8, 4) is 11.3 Å². The highest BCUT2D eigenvalue weighted by molar-refractivity contribution is 7.98. The van der Waals surface area contributed by atoms with Gasteiger partial charge in [0.1, 0.15) is 5.82 Å². The van der Waals surface area contributed by atoms with E-state index in [4.69, 9.17) is 0 Å². The number of rotatable bonds is 4. The number of hydrogen-bond acceptors (Lipinski definition) is 6. The molecule has 2 aliphatic heterocycles. The zero-order valence-electron chi connectivity index (χ0n) is 17.0. The Hall–Kier alpha value is -2.27. The first kappa shape index (κ1) is 21.6. The van der Waals surface area contributed by atoms with Gasteiger partial charge in [0.2, 0.25) is 15.9 Å². The van der Waals surface area contributed by atoms with Crippen LogP contribution in [0.4, 0.5) is 9.52 Å². The lowest BCUT2D eigenvalue weighted by Gasteiger charge is -2.31. The number of thiazole rings is 1. The Balaban J connectivity index is 1.31. The Labute approximate surface area is 193 Å². The van der Waals surface area contributed by atoms with Gasteiger partial charge >= 0.3 is 0 Å². The third-order valence-electron chi connectivity index (χ3n) is 5.63. The van der Waals surface area contributed by atoms with Crippen LogP contribution in [0.25, 0.3) is 11.3 Å². The highest BCUT2D eigenvalue weighted by Gasteiger charge is 2.34. The molecule has 1 N–H and O–H groups in total. The normalized spacial score (nSPS) is 18.6. The lowest BCUT2D eigenvalue weighted by Crippen LogP contribution is -2.43. The number of nitrogens with one attached hydrogen (secondary N) is 1. The minimum absolute atomic E-state index is 0.0312. The number of anilines is 1.